The normalized spacial score (nSPS) is 11.2. The third-order valence-electron chi connectivity index (χ3n) is 5.54. The number of hydrogen-bond donors (Lipinski definition) is 0. The van der Waals surface area contributed by atoms with E-state index in [-0.39, 0.29) is 5.78 Å². The van der Waals surface area contributed by atoms with E-state index in [0.29, 0.717) is 34.6 Å². The summed E-state index contributed by atoms with van der Waals surface area (Å²) in [5.74, 6) is 1.48. The van der Waals surface area contributed by atoms with Gasteiger partial charge in [-0.05, 0) is 61.9 Å². The van der Waals surface area contributed by atoms with Crippen LogP contribution in [0.3, 0.4) is 0 Å². The Morgan fingerprint density at radius 1 is 0.938 bits per heavy atom. The van der Waals surface area contributed by atoms with Crippen molar-refractivity contribution in [1.29, 1.82) is 0 Å². The fourth-order valence-electron chi connectivity index (χ4n) is 3.79. The van der Waals surface area contributed by atoms with Crippen LogP contribution < -0.4 is 0 Å². The Balaban J connectivity index is 1.59. The highest BCUT2D eigenvalue weighted by atomic mass is 35.5. The highest BCUT2D eigenvalue weighted by Gasteiger charge is 2.22. The minimum absolute atomic E-state index is 0.168. The lowest BCUT2D eigenvalue weighted by molar-refractivity contribution is 0.102. The number of carbonyl (C=O) groups excluding carboxylic acids is 1. The number of hydrogen-bond acceptors (Lipinski definition) is 4. The molecule has 0 saturated carbocycles. The first kappa shape index (κ1) is 20.2. The number of benzene rings is 3. The van der Waals surface area contributed by atoms with Crippen LogP contribution in [0.4, 0.5) is 0 Å². The van der Waals surface area contributed by atoms with Gasteiger partial charge < -0.3 is 8.98 Å². The number of para-hydroxylation sites is 2. The van der Waals surface area contributed by atoms with Crippen molar-refractivity contribution in [2.75, 3.05) is 0 Å². The number of imidazole rings is 1. The van der Waals surface area contributed by atoms with Crippen molar-refractivity contribution >= 4 is 28.4 Å². The zero-order valence-corrected chi connectivity index (χ0v) is 18.4. The maximum atomic E-state index is 13.3. The Hall–Kier alpha value is -3.70. The molecule has 0 fully saturated rings. The van der Waals surface area contributed by atoms with Crippen molar-refractivity contribution in [3.63, 3.8) is 0 Å². The quantitative estimate of drug-likeness (QED) is 0.303. The van der Waals surface area contributed by atoms with E-state index in [2.05, 4.69) is 4.98 Å². The van der Waals surface area contributed by atoms with Gasteiger partial charge in [-0.15, -0.1) is 0 Å². The van der Waals surface area contributed by atoms with Crippen molar-refractivity contribution in [3.8, 4) is 11.5 Å². The monoisotopic (exact) mass is 441 g/mol. The number of oxazole rings is 1. The van der Waals surface area contributed by atoms with Crippen molar-refractivity contribution in [2.24, 2.45) is 0 Å². The molecular formula is C26H20ClN3O2. The summed E-state index contributed by atoms with van der Waals surface area (Å²) in [5, 5.41) is 0.581. The molecule has 0 aliphatic rings. The van der Waals surface area contributed by atoms with Gasteiger partial charge in [0.25, 0.3) is 0 Å². The van der Waals surface area contributed by atoms with Gasteiger partial charge in [-0.1, -0.05) is 41.9 Å². The molecule has 0 spiro atoms. The molecule has 32 heavy (non-hydrogen) atoms. The van der Waals surface area contributed by atoms with Crippen LogP contribution in [0.1, 0.15) is 33.2 Å². The van der Waals surface area contributed by atoms with Gasteiger partial charge in [0.1, 0.15) is 11.5 Å². The number of fused-ring (bicyclic) bond motifs is 1. The van der Waals surface area contributed by atoms with Gasteiger partial charge in [-0.3, -0.25) is 4.79 Å². The number of halogens is 1. The van der Waals surface area contributed by atoms with Crippen LogP contribution in [0.5, 0.6) is 0 Å². The average molecular weight is 442 g/mol. The van der Waals surface area contributed by atoms with Crippen LogP contribution >= 0.6 is 11.6 Å². The smallest absolute Gasteiger partial charge is 0.228 e. The first-order valence-corrected chi connectivity index (χ1v) is 10.7. The van der Waals surface area contributed by atoms with E-state index in [9.17, 15) is 4.79 Å². The zero-order chi connectivity index (χ0) is 22.2. The second-order valence-electron chi connectivity index (χ2n) is 7.68. The van der Waals surface area contributed by atoms with Crippen molar-refractivity contribution in [2.45, 2.75) is 20.4 Å². The molecule has 0 saturated heterocycles. The van der Waals surface area contributed by atoms with Gasteiger partial charge in [0.15, 0.2) is 5.82 Å². The van der Waals surface area contributed by atoms with Gasteiger partial charge in [0.2, 0.25) is 11.7 Å². The third-order valence-corrected chi connectivity index (χ3v) is 5.79. The summed E-state index contributed by atoms with van der Waals surface area (Å²) in [5.41, 5.74) is 4.96. The van der Waals surface area contributed by atoms with E-state index in [1.807, 2.05) is 66.9 Å². The van der Waals surface area contributed by atoms with E-state index in [1.165, 1.54) is 0 Å². The lowest BCUT2D eigenvalue weighted by Crippen LogP contribution is -2.13. The van der Waals surface area contributed by atoms with Gasteiger partial charge >= 0.3 is 0 Å². The molecule has 0 bridgehead atoms. The van der Waals surface area contributed by atoms with Crippen LogP contribution in [0.15, 0.2) is 77.2 Å². The molecule has 3 aromatic carbocycles. The molecule has 6 heteroatoms. The standard InChI is InChI=1S/C26H20ClN3O2/c1-16-7-3-4-8-20(16)26-29-22(17(2)32-26)15-30-23-10-6-5-9-21(23)28-25(30)24(31)18-11-13-19(27)14-12-18/h3-14H,15H2,1-2H3. The predicted octanol–water partition coefficient (Wildman–Crippen LogP) is 6.24. The number of ketones is 1. The molecule has 0 atom stereocenters. The zero-order valence-electron chi connectivity index (χ0n) is 17.7. The lowest BCUT2D eigenvalue weighted by atomic mass is 10.1. The number of rotatable bonds is 5. The second-order valence-corrected chi connectivity index (χ2v) is 8.12. The van der Waals surface area contributed by atoms with Crippen molar-refractivity contribution in [1.82, 2.24) is 14.5 Å². The summed E-state index contributed by atoms with van der Waals surface area (Å²) in [6.45, 7) is 4.29. The van der Waals surface area contributed by atoms with Crippen LogP contribution in [0.2, 0.25) is 5.02 Å². The first-order valence-electron chi connectivity index (χ1n) is 10.3. The van der Waals surface area contributed by atoms with Crippen molar-refractivity contribution in [3.05, 3.63) is 106 Å². The van der Waals surface area contributed by atoms with Crippen LogP contribution in [-0.2, 0) is 6.54 Å². The third kappa shape index (κ3) is 3.61. The number of aromatic nitrogens is 3. The molecule has 5 rings (SSSR count). The SMILES string of the molecule is Cc1ccccc1-c1nc(Cn2c(C(=O)c3ccc(Cl)cc3)nc3ccccc32)c(C)o1. The molecule has 0 unspecified atom stereocenters. The number of carbonyl (C=O) groups is 1. The maximum absolute atomic E-state index is 13.3. The molecule has 0 aliphatic carbocycles. The van der Waals surface area contributed by atoms with E-state index in [0.717, 1.165) is 27.9 Å². The van der Waals surface area contributed by atoms with E-state index in [4.69, 9.17) is 21.0 Å². The fraction of sp³-hybridized carbons (Fsp3) is 0.115. The maximum Gasteiger partial charge on any atom is 0.228 e. The molecule has 0 aliphatic heterocycles. The summed E-state index contributed by atoms with van der Waals surface area (Å²) >= 11 is 6.00. The van der Waals surface area contributed by atoms with E-state index >= 15 is 0 Å². The lowest BCUT2D eigenvalue weighted by Gasteiger charge is -2.07. The molecule has 0 radical (unpaired) electrons. The molecular weight excluding hydrogens is 422 g/mol. The number of aryl methyl sites for hydroxylation is 2. The minimum atomic E-state index is -0.168. The Kier molecular flexibility index (Phi) is 5.11. The summed E-state index contributed by atoms with van der Waals surface area (Å²) in [7, 11) is 0. The average Bonchev–Trinajstić information content (AvgIpc) is 3.35. The topological polar surface area (TPSA) is 60.9 Å². The van der Waals surface area contributed by atoms with Gasteiger partial charge in [0, 0.05) is 16.1 Å². The Morgan fingerprint density at radius 3 is 2.44 bits per heavy atom. The molecule has 158 valence electrons. The molecule has 2 heterocycles. The number of nitrogens with zero attached hydrogens (tertiary/aromatic N) is 3. The van der Waals surface area contributed by atoms with Crippen LogP contribution in [0.25, 0.3) is 22.5 Å². The largest absolute Gasteiger partial charge is 0.441 e. The summed E-state index contributed by atoms with van der Waals surface area (Å²) in [6.07, 6.45) is 0. The van der Waals surface area contributed by atoms with Crippen LogP contribution in [0, 0.1) is 13.8 Å². The highest BCUT2D eigenvalue weighted by molar-refractivity contribution is 6.30. The Bertz CT molecular complexity index is 1450. The Labute approximate surface area is 190 Å². The summed E-state index contributed by atoms with van der Waals surface area (Å²) < 4.78 is 7.90. The first-order chi connectivity index (χ1) is 15.5. The molecule has 5 nitrogen and oxygen atoms in total. The molecule has 5 aromatic rings. The summed E-state index contributed by atoms with van der Waals surface area (Å²) in [6, 6.07) is 22.5. The van der Waals surface area contributed by atoms with Gasteiger partial charge in [0.05, 0.1) is 17.6 Å². The van der Waals surface area contributed by atoms with Crippen molar-refractivity contribution < 1.29 is 9.21 Å². The van der Waals surface area contributed by atoms with Crippen LogP contribution in [-0.4, -0.2) is 20.3 Å². The summed E-state index contributed by atoms with van der Waals surface area (Å²) in [4.78, 5) is 22.7. The van der Waals surface area contributed by atoms with Gasteiger partial charge in [-0.25, -0.2) is 9.97 Å². The Morgan fingerprint density at radius 2 is 1.66 bits per heavy atom. The molecule has 0 amide bonds. The van der Waals surface area contributed by atoms with E-state index in [1.54, 1.807) is 24.3 Å². The fourth-order valence-corrected chi connectivity index (χ4v) is 3.92. The highest BCUT2D eigenvalue weighted by Crippen LogP contribution is 2.27. The second kappa shape index (κ2) is 8.09. The molecule has 2 aromatic heterocycles. The molecule has 0 N–H and O–H groups in total. The predicted molar refractivity (Wildman–Crippen MR) is 125 cm³/mol. The van der Waals surface area contributed by atoms with E-state index < -0.39 is 0 Å². The van der Waals surface area contributed by atoms with Gasteiger partial charge in [-0.2, -0.15) is 0 Å². The minimum Gasteiger partial charge on any atom is -0.441 e.